The Bertz CT molecular complexity index is 677. The lowest BCUT2D eigenvalue weighted by Crippen LogP contribution is -2.37. The molecule has 0 unspecified atom stereocenters. The van der Waals surface area contributed by atoms with E-state index in [1.807, 2.05) is 23.3 Å². The minimum Gasteiger partial charge on any atom is -0.481 e. The third-order valence-corrected chi connectivity index (χ3v) is 5.03. The summed E-state index contributed by atoms with van der Waals surface area (Å²) < 4.78 is 5.17. The van der Waals surface area contributed by atoms with Gasteiger partial charge >= 0.3 is 0 Å². The fourth-order valence-electron chi connectivity index (χ4n) is 2.87. The van der Waals surface area contributed by atoms with Gasteiger partial charge in [0.1, 0.15) is 0 Å². The second kappa shape index (κ2) is 7.61. The first-order chi connectivity index (χ1) is 11.7. The van der Waals surface area contributed by atoms with Gasteiger partial charge in [-0.05, 0) is 35.7 Å². The molecule has 0 spiro atoms. The molecule has 6 nitrogen and oxygen atoms in total. The number of carbonyl (C=O) groups is 1. The van der Waals surface area contributed by atoms with Gasteiger partial charge in [-0.15, -0.1) is 0 Å². The molecule has 0 saturated carbocycles. The number of amides is 1. The van der Waals surface area contributed by atoms with Gasteiger partial charge in [0.25, 0.3) is 0 Å². The van der Waals surface area contributed by atoms with Crippen LogP contribution in [0.15, 0.2) is 29.1 Å². The Hall–Kier alpha value is -2.15. The van der Waals surface area contributed by atoms with E-state index in [4.69, 9.17) is 4.74 Å². The van der Waals surface area contributed by atoms with Gasteiger partial charge in [0.2, 0.25) is 17.7 Å². The Balaban J connectivity index is 1.65. The number of aromatic nitrogens is 2. The van der Waals surface area contributed by atoms with Crippen molar-refractivity contribution in [1.29, 1.82) is 0 Å². The maximum absolute atomic E-state index is 12.8. The molecule has 2 aromatic rings. The fourth-order valence-corrected chi connectivity index (χ4v) is 3.63. The smallest absolute Gasteiger partial charge is 0.229 e. The van der Waals surface area contributed by atoms with E-state index in [9.17, 15) is 4.79 Å². The van der Waals surface area contributed by atoms with Crippen LogP contribution < -0.4 is 9.64 Å². The van der Waals surface area contributed by atoms with E-state index < -0.39 is 0 Å². The molecular formula is C17H22N4O2S. The Kier molecular flexibility index (Phi) is 5.30. The first-order valence-corrected chi connectivity index (χ1v) is 9.06. The average Bonchev–Trinajstić information content (AvgIpc) is 3.05. The quantitative estimate of drug-likeness (QED) is 0.851. The van der Waals surface area contributed by atoms with Crippen LogP contribution in [0.4, 0.5) is 5.95 Å². The number of hydrogen-bond acceptors (Lipinski definition) is 6. The Morgan fingerprint density at radius 2 is 2.17 bits per heavy atom. The lowest BCUT2D eigenvalue weighted by Gasteiger charge is -2.24. The zero-order valence-electron chi connectivity index (χ0n) is 14.0. The molecule has 24 heavy (non-hydrogen) atoms. The number of rotatable bonds is 4. The van der Waals surface area contributed by atoms with Crippen molar-refractivity contribution in [2.45, 2.75) is 19.3 Å². The molecule has 128 valence electrons. The standard InChI is InChI=1S/C17H22N4O2S/c1-13(14-5-11-24-12-14)16(22)20-7-3-8-21(10-9-20)17-18-6-4-15(19-17)23-2/h4-6,11-13H,3,7-10H2,1-2H3/t13-/m0/s1. The fraction of sp³-hybridized carbons (Fsp3) is 0.471. The topological polar surface area (TPSA) is 58.6 Å². The van der Waals surface area contributed by atoms with Crippen molar-refractivity contribution in [2.24, 2.45) is 0 Å². The molecule has 0 aliphatic carbocycles. The van der Waals surface area contributed by atoms with Crippen LogP contribution in [0.1, 0.15) is 24.8 Å². The monoisotopic (exact) mass is 346 g/mol. The van der Waals surface area contributed by atoms with Gasteiger partial charge in [-0.2, -0.15) is 16.3 Å². The predicted octanol–water partition coefficient (Wildman–Crippen LogP) is 2.39. The molecule has 1 atom stereocenters. The summed E-state index contributed by atoms with van der Waals surface area (Å²) in [7, 11) is 1.60. The summed E-state index contributed by atoms with van der Waals surface area (Å²) in [6.07, 6.45) is 2.61. The molecule has 1 fully saturated rings. The molecule has 1 aliphatic rings. The second-order valence-corrected chi connectivity index (χ2v) is 6.62. The highest BCUT2D eigenvalue weighted by molar-refractivity contribution is 7.08. The Morgan fingerprint density at radius 3 is 2.92 bits per heavy atom. The van der Waals surface area contributed by atoms with Crippen LogP contribution in [0.5, 0.6) is 5.88 Å². The number of ether oxygens (including phenoxy) is 1. The lowest BCUT2D eigenvalue weighted by atomic mass is 10.0. The predicted molar refractivity (Wildman–Crippen MR) is 94.7 cm³/mol. The number of methoxy groups -OCH3 is 1. The van der Waals surface area contributed by atoms with E-state index in [2.05, 4.69) is 20.2 Å². The van der Waals surface area contributed by atoms with E-state index in [0.29, 0.717) is 18.4 Å². The van der Waals surface area contributed by atoms with Crippen LogP contribution in [-0.4, -0.2) is 54.1 Å². The molecule has 2 aromatic heterocycles. The van der Waals surface area contributed by atoms with E-state index in [1.165, 1.54) is 0 Å². The van der Waals surface area contributed by atoms with Crippen LogP contribution in [0, 0.1) is 0 Å². The van der Waals surface area contributed by atoms with Crippen molar-refractivity contribution in [2.75, 3.05) is 38.2 Å². The van der Waals surface area contributed by atoms with Gasteiger partial charge in [-0.3, -0.25) is 4.79 Å². The number of anilines is 1. The van der Waals surface area contributed by atoms with Crippen molar-refractivity contribution in [3.8, 4) is 5.88 Å². The van der Waals surface area contributed by atoms with Crippen molar-refractivity contribution >= 4 is 23.2 Å². The van der Waals surface area contributed by atoms with Crippen molar-refractivity contribution in [1.82, 2.24) is 14.9 Å². The first kappa shape index (κ1) is 16.7. The molecule has 1 aliphatic heterocycles. The molecule has 3 rings (SSSR count). The minimum atomic E-state index is -0.0872. The Morgan fingerprint density at radius 1 is 1.29 bits per heavy atom. The molecule has 0 N–H and O–H groups in total. The maximum Gasteiger partial charge on any atom is 0.229 e. The summed E-state index contributed by atoms with van der Waals surface area (Å²) in [5.74, 6) is 1.33. The van der Waals surface area contributed by atoms with Crippen LogP contribution in [0.25, 0.3) is 0 Å². The van der Waals surface area contributed by atoms with Crippen LogP contribution >= 0.6 is 11.3 Å². The summed E-state index contributed by atoms with van der Waals surface area (Å²) >= 11 is 1.63. The van der Waals surface area contributed by atoms with Crippen LogP contribution in [0.2, 0.25) is 0 Å². The van der Waals surface area contributed by atoms with E-state index >= 15 is 0 Å². The van der Waals surface area contributed by atoms with E-state index in [0.717, 1.165) is 31.6 Å². The molecule has 0 radical (unpaired) electrons. The highest BCUT2D eigenvalue weighted by Crippen LogP contribution is 2.22. The first-order valence-electron chi connectivity index (χ1n) is 8.12. The third kappa shape index (κ3) is 3.67. The van der Waals surface area contributed by atoms with Crippen LogP contribution in [-0.2, 0) is 4.79 Å². The molecule has 7 heteroatoms. The van der Waals surface area contributed by atoms with Crippen molar-refractivity contribution in [3.05, 3.63) is 34.7 Å². The summed E-state index contributed by atoms with van der Waals surface area (Å²) in [4.78, 5) is 25.6. The van der Waals surface area contributed by atoms with Crippen molar-refractivity contribution < 1.29 is 9.53 Å². The summed E-state index contributed by atoms with van der Waals surface area (Å²) in [6.45, 7) is 5.01. The molecule has 0 aromatic carbocycles. The highest BCUT2D eigenvalue weighted by atomic mass is 32.1. The summed E-state index contributed by atoms with van der Waals surface area (Å²) in [5.41, 5.74) is 1.10. The molecule has 1 amide bonds. The zero-order valence-corrected chi connectivity index (χ0v) is 14.8. The lowest BCUT2D eigenvalue weighted by molar-refractivity contribution is -0.132. The molecule has 0 bridgehead atoms. The summed E-state index contributed by atoms with van der Waals surface area (Å²) in [6, 6.07) is 3.77. The maximum atomic E-state index is 12.8. The molecule has 3 heterocycles. The van der Waals surface area contributed by atoms with Crippen molar-refractivity contribution in [3.63, 3.8) is 0 Å². The van der Waals surface area contributed by atoms with E-state index in [1.54, 1.807) is 30.7 Å². The van der Waals surface area contributed by atoms with Gasteiger partial charge in [0.05, 0.1) is 13.0 Å². The normalized spacial score (nSPS) is 16.6. The van der Waals surface area contributed by atoms with Gasteiger partial charge in [-0.25, -0.2) is 4.98 Å². The molecule has 1 saturated heterocycles. The highest BCUT2D eigenvalue weighted by Gasteiger charge is 2.25. The average molecular weight is 346 g/mol. The minimum absolute atomic E-state index is 0.0872. The Labute approximate surface area is 146 Å². The zero-order chi connectivity index (χ0) is 16.9. The number of carbonyl (C=O) groups excluding carboxylic acids is 1. The van der Waals surface area contributed by atoms with Gasteiger partial charge in [0, 0.05) is 38.4 Å². The summed E-state index contributed by atoms with van der Waals surface area (Å²) in [5, 5.41) is 4.07. The van der Waals surface area contributed by atoms with Crippen LogP contribution in [0.3, 0.4) is 0 Å². The number of hydrogen-bond donors (Lipinski definition) is 0. The van der Waals surface area contributed by atoms with Gasteiger partial charge in [-0.1, -0.05) is 0 Å². The third-order valence-electron chi connectivity index (χ3n) is 4.33. The van der Waals surface area contributed by atoms with E-state index in [-0.39, 0.29) is 11.8 Å². The largest absolute Gasteiger partial charge is 0.481 e. The number of nitrogens with zero attached hydrogens (tertiary/aromatic N) is 4. The SMILES string of the molecule is COc1ccnc(N2CCCN(C(=O)[C@@H](C)c3ccsc3)CC2)n1. The van der Waals surface area contributed by atoms with Gasteiger partial charge in [0.15, 0.2) is 0 Å². The van der Waals surface area contributed by atoms with Gasteiger partial charge < -0.3 is 14.5 Å². The molecular weight excluding hydrogens is 324 g/mol. The number of thiophene rings is 1. The second-order valence-electron chi connectivity index (χ2n) is 5.84.